The monoisotopic (exact) mass is 346 g/mol. The van der Waals surface area contributed by atoms with E-state index in [-0.39, 0.29) is 25.2 Å². The summed E-state index contributed by atoms with van der Waals surface area (Å²) in [6, 6.07) is 0. The van der Waals surface area contributed by atoms with Crippen LogP contribution in [0.1, 0.15) is 12.8 Å². The Kier molecular flexibility index (Phi) is 9.42. The third-order valence-electron chi connectivity index (χ3n) is 2.57. The average Bonchev–Trinajstić information content (AvgIpc) is 2.28. The summed E-state index contributed by atoms with van der Waals surface area (Å²) in [5, 5.41) is 16.3. The van der Waals surface area contributed by atoms with E-state index in [0.29, 0.717) is 5.75 Å². The molecule has 0 rings (SSSR count). The molecule has 0 aromatic carbocycles. The first-order chi connectivity index (χ1) is 8.80. The van der Waals surface area contributed by atoms with Crippen LogP contribution in [0.2, 0.25) is 0 Å². The number of aliphatic carboxylic acids is 2. The average molecular weight is 347 g/mol. The summed E-state index contributed by atoms with van der Waals surface area (Å²) in [4.78, 5) is 21.6. The Bertz CT molecular complexity index is 290. The SMILES string of the molecule is O=C(O)CC(S)C(CS)(OCCS)C(S)CC(=O)O. The molecule has 0 aromatic rings. The zero-order valence-electron chi connectivity index (χ0n) is 10.1. The third-order valence-corrected chi connectivity index (χ3v) is 4.49. The highest BCUT2D eigenvalue weighted by Crippen LogP contribution is 2.34. The van der Waals surface area contributed by atoms with Crippen molar-refractivity contribution in [2.24, 2.45) is 0 Å². The largest absolute Gasteiger partial charge is 0.481 e. The van der Waals surface area contributed by atoms with Crippen LogP contribution in [0.5, 0.6) is 0 Å². The maximum Gasteiger partial charge on any atom is 0.304 e. The first kappa shape index (κ1) is 19.3. The standard InChI is InChI=1S/C10H18O5S4/c11-8(12)3-6(18)10(5-17,15-1-2-16)7(19)4-9(13)14/h6-7,16-19H,1-5H2,(H,11,12)(H,13,14). The maximum atomic E-state index is 10.8. The molecule has 9 heteroatoms. The minimum absolute atomic E-state index is 0.115. The van der Waals surface area contributed by atoms with Crippen LogP contribution in [0.15, 0.2) is 0 Å². The number of rotatable bonds is 10. The van der Waals surface area contributed by atoms with Crippen LogP contribution in [-0.2, 0) is 14.3 Å². The van der Waals surface area contributed by atoms with Crippen molar-refractivity contribution in [1.29, 1.82) is 0 Å². The number of ether oxygens (including phenoxy) is 1. The molecule has 0 heterocycles. The Labute approximate surface area is 134 Å². The zero-order chi connectivity index (χ0) is 15.1. The Morgan fingerprint density at radius 2 is 1.47 bits per heavy atom. The molecule has 2 atom stereocenters. The molecule has 0 fully saturated rings. The van der Waals surface area contributed by atoms with E-state index in [1.54, 1.807) is 0 Å². The summed E-state index contributed by atoms with van der Waals surface area (Å²) in [6.45, 7) is 0.233. The van der Waals surface area contributed by atoms with Crippen molar-refractivity contribution in [3.05, 3.63) is 0 Å². The minimum Gasteiger partial charge on any atom is -0.481 e. The molecule has 0 saturated heterocycles. The Hall–Kier alpha value is 0.300. The van der Waals surface area contributed by atoms with E-state index in [0.717, 1.165) is 0 Å². The smallest absolute Gasteiger partial charge is 0.304 e. The number of thiol groups is 4. The van der Waals surface area contributed by atoms with Gasteiger partial charge in [-0.15, -0.1) is 0 Å². The van der Waals surface area contributed by atoms with E-state index in [9.17, 15) is 9.59 Å². The van der Waals surface area contributed by atoms with Crippen LogP contribution in [-0.4, -0.2) is 56.4 Å². The molecule has 0 aromatic heterocycles. The van der Waals surface area contributed by atoms with E-state index in [1.165, 1.54) is 0 Å². The first-order valence-corrected chi connectivity index (χ1v) is 7.75. The second kappa shape index (κ2) is 9.28. The maximum absolute atomic E-state index is 10.8. The van der Waals surface area contributed by atoms with Gasteiger partial charge in [0.2, 0.25) is 0 Å². The molecular weight excluding hydrogens is 328 g/mol. The quantitative estimate of drug-likeness (QED) is 0.334. The summed E-state index contributed by atoms with van der Waals surface area (Å²) in [6.07, 6.45) is -0.542. The van der Waals surface area contributed by atoms with Crippen LogP contribution >= 0.6 is 50.5 Å². The van der Waals surface area contributed by atoms with Gasteiger partial charge >= 0.3 is 11.9 Å². The van der Waals surface area contributed by atoms with E-state index < -0.39 is 28.0 Å². The lowest BCUT2D eigenvalue weighted by Gasteiger charge is -2.40. The number of hydrogen-bond donors (Lipinski definition) is 6. The Morgan fingerprint density at radius 3 is 1.74 bits per heavy atom. The van der Waals surface area contributed by atoms with Gasteiger partial charge in [0.1, 0.15) is 5.60 Å². The highest BCUT2D eigenvalue weighted by molar-refractivity contribution is 7.83. The molecule has 2 unspecified atom stereocenters. The summed E-state index contributed by atoms with van der Waals surface area (Å²) < 4.78 is 5.62. The fourth-order valence-corrected chi connectivity index (χ4v) is 3.62. The predicted molar refractivity (Wildman–Crippen MR) is 86.4 cm³/mol. The summed E-state index contributed by atoms with van der Waals surface area (Å²) >= 11 is 16.7. The summed E-state index contributed by atoms with van der Waals surface area (Å²) in [7, 11) is 0. The van der Waals surface area contributed by atoms with Crippen molar-refractivity contribution in [3.63, 3.8) is 0 Å². The van der Waals surface area contributed by atoms with Gasteiger partial charge < -0.3 is 14.9 Å². The van der Waals surface area contributed by atoms with Gasteiger partial charge in [-0.25, -0.2) is 0 Å². The van der Waals surface area contributed by atoms with Crippen molar-refractivity contribution < 1.29 is 24.5 Å². The lowest BCUT2D eigenvalue weighted by Crippen LogP contribution is -2.53. The lowest BCUT2D eigenvalue weighted by molar-refractivity contribution is -0.139. The molecule has 112 valence electrons. The van der Waals surface area contributed by atoms with Gasteiger partial charge in [0.15, 0.2) is 0 Å². The predicted octanol–water partition coefficient (Wildman–Crippen LogP) is 1.15. The number of carboxylic acid groups (broad SMARTS) is 2. The number of hydrogen-bond acceptors (Lipinski definition) is 7. The van der Waals surface area contributed by atoms with Crippen LogP contribution < -0.4 is 0 Å². The van der Waals surface area contributed by atoms with Gasteiger partial charge in [-0.1, -0.05) is 0 Å². The van der Waals surface area contributed by atoms with E-state index >= 15 is 0 Å². The molecular formula is C10H18O5S4. The molecule has 0 aliphatic rings. The van der Waals surface area contributed by atoms with E-state index in [4.69, 9.17) is 14.9 Å². The second-order valence-electron chi connectivity index (χ2n) is 3.91. The molecule has 19 heavy (non-hydrogen) atoms. The molecule has 0 amide bonds. The van der Waals surface area contributed by atoms with Gasteiger partial charge in [0, 0.05) is 22.0 Å². The molecule has 0 aliphatic carbocycles. The first-order valence-electron chi connectivity index (χ1n) is 5.45. The van der Waals surface area contributed by atoms with Crippen LogP contribution in [0.25, 0.3) is 0 Å². The van der Waals surface area contributed by atoms with Crippen molar-refractivity contribution >= 4 is 62.5 Å². The third kappa shape index (κ3) is 6.07. The Balaban J connectivity index is 5.15. The highest BCUT2D eigenvalue weighted by atomic mass is 32.1. The highest BCUT2D eigenvalue weighted by Gasteiger charge is 2.44. The molecule has 0 saturated carbocycles. The lowest BCUT2D eigenvalue weighted by atomic mass is 9.92. The van der Waals surface area contributed by atoms with Crippen LogP contribution in [0, 0.1) is 0 Å². The fraction of sp³-hybridized carbons (Fsp3) is 0.800. The van der Waals surface area contributed by atoms with Crippen LogP contribution in [0.3, 0.4) is 0 Å². The molecule has 2 N–H and O–H groups in total. The molecule has 5 nitrogen and oxygen atoms in total. The fourth-order valence-electron chi connectivity index (χ4n) is 1.58. The number of carboxylic acids is 2. The zero-order valence-corrected chi connectivity index (χ0v) is 13.7. The summed E-state index contributed by atoms with van der Waals surface area (Å²) in [5.74, 6) is -1.56. The summed E-state index contributed by atoms with van der Waals surface area (Å²) in [5.41, 5.74) is -1.14. The topological polar surface area (TPSA) is 83.8 Å². The minimum atomic E-state index is -1.14. The van der Waals surface area contributed by atoms with Crippen molar-refractivity contribution in [2.45, 2.75) is 28.9 Å². The van der Waals surface area contributed by atoms with Gasteiger partial charge in [0.25, 0.3) is 0 Å². The molecule has 0 bridgehead atoms. The van der Waals surface area contributed by atoms with Gasteiger partial charge in [-0.2, -0.15) is 50.5 Å². The molecule has 0 aliphatic heterocycles. The van der Waals surface area contributed by atoms with Crippen molar-refractivity contribution in [1.82, 2.24) is 0 Å². The van der Waals surface area contributed by atoms with Crippen molar-refractivity contribution in [2.75, 3.05) is 18.1 Å². The van der Waals surface area contributed by atoms with Crippen LogP contribution in [0.4, 0.5) is 0 Å². The van der Waals surface area contributed by atoms with Gasteiger partial charge in [-0.05, 0) is 0 Å². The van der Waals surface area contributed by atoms with E-state index in [1.807, 2.05) is 0 Å². The van der Waals surface area contributed by atoms with Crippen molar-refractivity contribution in [3.8, 4) is 0 Å². The molecule has 0 radical (unpaired) electrons. The Morgan fingerprint density at radius 1 is 1.05 bits per heavy atom. The van der Waals surface area contributed by atoms with Gasteiger partial charge in [-0.3, -0.25) is 9.59 Å². The van der Waals surface area contributed by atoms with E-state index in [2.05, 4.69) is 50.5 Å². The second-order valence-corrected chi connectivity index (χ2v) is 5.92. The van der Waals surface area contributed by atoms with Gasteiger partial charge in [0.05, 0.1) is 19.4 Å². The normalized spacial score (nSPS) is 17.5. The molecule has 0 spiro atoms. The number of carbonyl (C=O) groups is 2.